The lowest BCUT2D eigenvalue weighted by Gasteiger charge is -2.29. The number of esters is 2. The maximum absolute atomic E-state index is 13.4. The summed E-state index contributed by atoms with van der Waals surface area (Å²) in [5, 5.41) is 0. The van der Waals surface area contributed by atoms with Crippen LogP contribution < -0.4 is 0 Å². The standard InChI is InChI=1S/C40H46N2O12/c1-39(2)51-33-31(47-21-13-19-24-15-9-7-10-16-24)29(49-37(33)53-39)27-28(42(23-26(43)45-5)35(41-27)36(44)46-6)30-32(34-38(50-30)54-40(3,4)52-34)48-22-14-20-25-17-11-8-12-18-25/h7-20,29-34,37-38H,21-23H2,1-6H3/b19-13-,20-14+/t29-,30-,31+,32+,33-,34-,37-,38-/m1/s1. The number of fused-ring (bicyclic) bond motifs is 2. The molecule has 0 unspecified atom stereocenters. The fourth-order valence-electron chi connectivity index (χ4n) is 7.19. The number of ether oxygens (including phenoxy) is 10. The van der Waals surface area contributed by atoms with Crippen LogP contribution in [0.2, 0.25) is 0 Å². The van der Waals surface area contributed by atoms with E-state index in [9.17, 15) is 9.59 Å². The van der Waals surface area contributed by atoms with Gasteiger partial charge in [-0.05, 0) is 38.8 Å². The molecule has 7 rings (SSSR count). The zero-order chi connectivity index (χ0) is 38.0. The highest BCUT2D eigenvalue weighted by atomic mass is 16.9. The van der Waals surface area contributed by atoms with Gasteiger partial charge in [0.25, 0.3) is 0 Å². The Balaban J connectivity index is 1.28. The van der Waals surface area contributed by atoms with Crippen molar-refractivity contribution in [3.05, 3.63) is 101 Å². The third-order valence-corrected chi connectivity index (χ3v) is 9.43. The van der Waals surface area contributed by atoms with Crippen LogP contribution in [0, 0.1) is 0 Å². The van der Waals surface area contributed by atoms with Crippen LogP contribution in [0.1, 0.15) is 73.0 Å². The smallest absolute Gasteiger partial charge is 0.374 e. The Kier molecular flexibility index (Phi) is 11.2. The van der Waals surface area contributed by atoms with Crippen molar-refractivity contribution in [1.82, 2.24) is 9.55 Å². The molecular formula is C40H46N2O12. The van der Waals surface area contributed by atoms with Crippen molar-refractivity contribution < 1.29 is 57.0 Å². The average Bonchev–Trinajstić information content (AvgIpc) is 3.92. The lowest BCUT2D eigenvalue weighted by Crippen LogP contribution is -2.36. The second-order valence-electron chi connectivity index (χ2n) is 14.1. The fourth-order valence-corrected chi connectivity index (χ4v) is 7.19. The molecule has 288 valence electrons. The minimum Gasteiger partial charge on any atom is -0.468 e. The fraction of sp³-hybridized carbons (Fsp3) is 0.475. The highest BCUT2D eigenvalue weighted by Gasteiger charge is 2.60. The van der Waals surface area contributed by atoms with Crippen LogP contribution in [0.25, 0.3) is 12.2 Å². The Hall–Kier alpha value is -4.25. The molecule has 3 aromatic rings. The molecule has 8 atom stereocenters. The number of aromatic nitrogens is 2. The van der Waals surface area contributed by atoms with Crippen LogP contribution in [0.4, 0.5) is 0 Å². The topological polar surface area (TPSA) is 144 Å². The summed E-state index contributed by atoms with van der Waals surface area (Å²) < 4.78 is 62.7. The third-order valence-electron chi connectivity index (χ3n) is 9.43. The van der Waals surface area contributed by atoms with Crippen LogP contribution in [-0.2, 0) is 58.7 Å². The van der Waals surface area contributed by atoms with E-state index in [0.717, 1.165) is 11.1 Å². The van der Waals surface area contributed by atoms with Gasteiger partial charge in [0, 0.05) is 0 Å². The van der Waals surface area contributed by atoms with Crippen molar-refractivity contribution in [3.63, 3.8) is 0 Å². The van der Waals surface area contributed by atoms with Crippen molar-refractivity contribution in [3.8, 4) is 0 Å². The molecule has 0 amide bonds. The van der Waals surface area contributed by atoms with Gasteiger partial charge in [0.1, 0.15) is 43.2 Å². The zero-order valence-corrected chi connectivity index (χ0v) is 31.1. The Morgan fingerprint density at radius 2 is 1.22 bits per heavy atom. The zero-order valence-electron chi connectivity index (χ0n) is 31.1. The Morgan fingerprint density at radius 3 is 1.72 bits per heavy atom. The van der Waals surface area contributed by atoms with E-state index in [1.807, 2.05) is 85.0 Å². The first kappa shape index (κ1) is 38.0. The van der Waals surface area contributed by atoms with E-state index in [0.29, 0.717) is 5.69 Å². The van der Waals surface area contributed by atoms with E-state index in [4.69, 9.17) is 52.4 Å². The molecular weight excluding hydrogens is 700 g/mol. The minimum atomic E-state index is -0.979. The average molecular weight is 747 g/mol. The molecule has 0 aliphatic carbocycles. The highest BCUT2D eigenvalue weighted by Crippen LogP contribution is 2.50. The van der Waals surface area contributed by atoms with E-state index in [1.54, 1.807) is 27.7 Å². The molecule has 4 aliphatic rings. The van der Waals surface area contributed by atoms with E-state index >= 15 is 0 Å². The first-order valence-corrected chi connectivity index (χ1v) is 17.9. The molecule has 0 bridgehead atoms. The highest BCUT2D eigenvalue weighted by molar-refractivity contribution is 5.86. The number of hydrogen-bond donors (Lipinski definition) is 0. The van der Waals surface area contributed by atoms with Gasteiger partial charge < -0.3 is 51.9 Å². The van der Waals surface area contributed by atoms with Gasteiger partial charge in [-0.25, -0.2) is 9.78 Å². The van der Waals surface area contributed by atoms with Gasteiger partial charge >= 0.3 is 11.9 Å². The SMILES string of the molecule is COC(=O)Cn1c(C(=O)OC)nc([C@H]2O[C@@H]3OC(C)(C)O[C@@H]3[C@H]2OC/C=C\c2ccccc2)c1[C@H]1O[C@@H]2OC(C)(C)O[C@@H]2[C@H]1OC/C=C/c1ccccc1. The van der Waals surface area contributed by atoms with Gasteiger partial charge in [-0.15, -0.1) is 0 Å². The molecule has 0 radical (unpaired) electrons. The summed E-state index contributed by atoms with van der Waals surface area (Å²) in [6.07, 6.45) is 1.13. The normalized spacial score (nSPS) is 29.5. The maximum Gasteiger partial charge on any atom is 0.374 e. The summed E-state index contributed by atoms with van der Waals surface area (Å²) in [5.74, 6) is -3.53. The monoisotopic (exact) mass is 746 g/mol. The molecule has 14 nitrogen and oxygen atoms in total. The Morgan fingerprint density at radius 1 is 0.722 bits per heavy atom. The number of carbonyl (C=O) groups is 2. The number of imidazole rings is 1. The van der Waals surface area contributed by atoms with Crippen LogP contribution in [-0.4, -0.2) is 97.5 Å². The first-order chi connectivity index (χ1) is 26.0. The number of methoxy groups -OCH3 is 2. The molecule has 5 heterocycles. The van der Waals surface area contributed by atoms with Gasteiger partial charge in [-0.2, -0.15) is 0 Å². The number of nitrogens with zero attached hydrogens (tertiary/aromatic N) is 2. The Labute approximate surface area is 313 Å². The second-order valence-corrected chi connectivity index (χ2v) is 14.1. The molecule has 4 aliphatic heterocycles. The molecule has 1 aromatic heterocycles. The van der Waals surface area contributed by atoms with Crippen molar-refractivity contribution in [2.24, 2.45) is 0 Å². The predicted molar refractivity (Wildman–Crippen MR) is 191 cm³/mol. The summed E-state index contributed by atoms with van der Waals surface area (Å²) in [4.78, 5) is 31.2. The summed E-state index contributed by atoms with van der Waals surface area (Å²) in [5.41, 5.74) is 2.55. The first-order valence-electron chi connectivity index (χ1n) is 17.9. The van der Waals surface area contributed by atoms with E-state index < -0.39 is 79.3 Å². The van der Waals surface area contributed by atoms with Crippen LogP contribution >= 0.6 is 0 Å². The van der Waals surface area contributed by atoms with Gasteiger partial charge in [0.05, 0.1) is 38.8 Å². The quantitative estimate of drug-likeness (QED) is 0.213. The molecule has 54 heavy (non-hydrogen) atoms. The van der Waals surface area contributed by atoms with Gasteiger partial charge in [-0.3, -0.25) is 4.79 Å². The summed E-state index contributed by atoms with van der Waals surface area (Å²) >= 11 is 0. The number of benzene rings is 2. The molecule has 14 heteroatoms. The van der Waals surface area contributed by atoms with Gasteiger partial charge in [0.2, 0.25) is 5.82 Å². The predicted octanol–water partition coefficient (Wildman–Crippen LogP) is 5.14. The number of carbonyl (C=O) groups excluding carboxylic acids is 2. The third kappa shape index (κ3) is 8.07. The molecule has 0 N–H and O–H groups in total. The van der Waals surface area contributed by atoms with Crippen molar-refractivity contribution in [2.75, 3.05) is 27.4 Å². The van der Waals surface area contributed by atoms with E-state index in [-0.39, 0.29) is 24.7 Å². The molecule has 0 spiro atoms. The Bertz CT molecular complexity index is 1840. The minimum absolute atomic E-state index is 0.177. The maximum atomic E-state index is 13.4. The molecule has 4 saturated heterocycles. The van der Waals surface area contributed by atoms with Crippen molar-refractivity contribution >= 4 is 24.1 Å². The van der Waals surface area contributed by atoms with Crippen molar-refractivity contribution in [1.29, 1.82) is 0 Å². The summed E-state index contributed by atoms with van der Waals surface area (Å²) in [6.45, 7) is 7.13. The van der Waals surface area contributed by atoms with E-state index in [2.05, 4.69) is 0 Å². The van der Waals surface area contributed by atoms with E-state index in [1.165, 1.54) is 18.8 Å². The van der Waals surface area contributed by atoms with Crippen molar-refractivity contribution in [2.45, 2.75) is 95.0 Å². The number of hydrogen-bond acceptors (Lipinski definition) is 13. The molecule has 4 fully saturated rings. The second kappa shape index (κ2) is 15.8. The van der Waals surface area contributed by atoms with Crippen LogP contribution in [0.5, 0.6) is 0 Å². The lowest BCUT2D eigenvalue weighted by atomic mass is 10.00. The summed E-state index contributed by atoms with van der Waals surface area (Å²) in [7, 11) is 2.49. The van der Waals surface area contributed by atoms with Gasteiger partial charge in [-0.1, -0.05) is 85.0 Å². The van der Waals surface area contributed by atoms with Crippen LogP contribution in [0.3, 0.4) is 0 Å². The largest absolute Gasteiger partial charge is 0.468 e. The molecule has 2 aromatic carbocycles. The summed E-state index contributed by atoms with van der Waals surface area (Å²) in [6, 6.07) is 19.6. The van der Waals surface area contributed by atoms with Gasteiger partial charge in [0.15, 0.2) is 24.2 Å². The van der Waals surface area contributed by atoms with Crippen LogP contribution in [0.15, 0.2) is 72.8 Å². The number of rotatable bonds is 13. The molecule has 0 saturated carbocycles. The lowest BCUT2D eigenvalue weighted by molar-refractivity contribution is -0.223.